The smallest absolute Gasteiger partial charge is 0.165 e. The Morgan fingerprint density at radius 1 is 1.33 bits per heavy atom. The molecule has 0 aliphatic heterocycles. The first-order valence-corrected chi connectivity index (χ1v) is 6.16. The molecular weight excluding hydrogens is 254 g/mol. The first-order chi connectivity index (χ1) is 8.62. The Morgan fingerprint density at radius 3 is 2.61 bits per heavy atom. The minimum atomic E-state index is 0.0211. The lowest BCUT2D eigenvalue weighted by Gasteiger charge is -2.17. The lowest BCUT2D eigenvalue weighted by atomic mass is 10.2. The fourth-order valence-electron chi connectivity index (χ4n) is 1.53. The van der Waals surface area contributed by atoms with Gasteiger partial charge >= 0.3 is 0 Å². The van der Waals surface area contributed by atoms with Gasteiger partial charge in [-0.05, 0) is 20.0 Å². The maximum absolute atomic E-state index is 6.04. The maximum atomic E-state index is 6.04. The molecule has 5 heteroatoms. The second-order valence-electron chi connectivity index (χ2n) is 3.98. The Hall–Kier alpha value is -0.970. The van der Waals surface area contributed by atoms with E-state index in [1.165, 1.54) is 0 Å². The normalized spacial score (nSPS) is 12.3. The number of ether oxygens (including phenoxy) is 3. The molecule has 0 spiro atoms. The van der Waals surface area contributed by atoms with Crippen molar-refractivity contribution < 1.29 is 14.2 Å². The van der Waals surface area contributed by atoms with Gasteiger partial charge in [0.2, 0.25) is 0 Å². The number of methoxy groups -OCH3 is 2. The van der Waals surface area contributed by atoms with Gasteiger partial charge in [-0.1, -0.05) is 11.6 Å². The summed E-state index contributed by atoms with van der Waals surface area (Å²) in [5.74, 6) is 1.34. The van der Waals surface area contributed by atoms with E-state index in [1.807, 2.05) is 20.0 Å². The summed E-state index contributed by atoms with van der Waals surface area (Å²) in [6, 6.07) is 3.61. The summed E-state index contributed by atoms with van der Waals surface area (Å²) in [6.07, 6.45) is 0.0211. The molecule has 1 atom stereocenters. The molecule has 102 valence electrons. The fraction of sp³-hybridized carbons (Fsp3) is 0.538. The van der Waals surface area contributed by atoms with Crippen molar-refractivity contribution in [1.82, 2.24) is 5.32 Å². The zero-order valence-corrected chi connectivity index (χ0v) is 12.0. The van der Waals surface area contributed by atoms with E-state index in [9.17, 15) is 0 Å². The van der Waals surface area contributed by atoms with Gasteiger partial charge in [0.05, 0.1) is 13.2 Å². The molecule has 1 unspecified atom stereocenters. The lowest BCUT2D eigenvalue weighted by Crippen LogP contribution is -2.17. The molecule has 0 heterocycles. The first kappa shape index (κ1) is 15.1. The molecule has 0 saturated heterocycles. The van der Waals surface area contributed by atoms with E-state index in [0.717, 1.165) is 5.56 Å². The Kier molecular flexibility index (Phi) is 6.25. The van der Waals surface area contributed by atoms with Gasteiger partial charge in [0, 0.05) is 30.3 Å². The van der Waals surface area contributed by atoms with Crippen LogP contribution in [0, 0.1) is 0 Å². The summed E-state index contributed by atoms with van der Waals surface area (Å²) in [4.78, 5) is 0. The summed E-state index contributed by atoms with van der Waals surface area (Å²) in [7, 11) is 5.12. The van der Waals surface area contributed by atoms with Gasteiger partial charge < -0.3 is 19.5 Å². The van der Waals surface area contributed by atoms with Gasteiger partial charge in [0.25, 0.3) is 0 Å². The molecule has 4 nitrogen and oxygen atoms in total. The van der Waals surface area contributed by atoms with E-state index in [-0.39, 0.29) is 6.10 Å². The molecule has 1 aromatic rings. The van der Waals surface area contributed by atoms with Crippen LogP contribution in [0.4, 0.5) is 0 Å². The van der Waals surface area contributed by atoms with Gasteiger partial charge in [-0.3, -0.25) is 0 Å². The second kappa shape index (κ2) is 7.46. The summed E-state index contributed by atoms with van der Waals surface area (Å²) in [5, 5.41) is 3.71. The van der Waals surface area contributed by atoms with Crippen molar-refractivity contribution in [2.24, 2.45) is 0 Å². The van der Waals surface area contributed by atoms with Crippen molar-refractivity contribution in [2.45, 2.75) is 19.6 Å². The predicted molar refractivity (Wildman–Crippen MR) is 72.7 cm³/mol. The fourth-order valence-corrected chi connectivity index (χ4v) is 1.76. The van der Waals surface area contributed by atoms with Crippen molar-refractivity contribution in [3.8, 4) is 11.5 Å². The monoisotopic (exact) mass is 273 g/mol. The molecule has 0 fully saturated rings. The molecule has 1 N–H and O–H groups in total. The zero-order valence-electron chi connectivity index (χ0n) is 11.2. The van der Waals surface area contributed by atoms with Crippen LogP contribution < -0.4 is 14.8 Å². The molecule has 1 rings (SSSR count). The van der Waals surface area contributed by atoms with Gasteiger partial charge in [-0.25, -0.2) is 0 Å². The lowest BCUT2D eigenvalue weighted by molar-refractivity contribution is 0.0702. The largest absolute Gasteiger partial charge is 0.493 e. The third kappa shape index (κ3) is 4.05. The number of nitrogens with one attached hydrogen (secondary N) is 1. The molecular formula is C13H20ClNO3. The van der Waals surface area contributed by atoms with Crippen LogP contribution in [0.1, 0.15) is 12.5 Å². The molecule has 0 aliphatic carbocycles. The zero-order chi connectivity index (χ0) is 13.5. The van der Waals surface area contributed by atoms with E-state index in [2.05, 4.69) is 5.32 Å². The standard InChI is InChI=1S/C13H20ClNO3/c1-9(16-3)8-18-13-10(7-15-2)5-11(14)6-12(13)17-4/h5-6,9,15H,7-8H2,1-4H3. The molecule has 0 amide bonds. The number of rotatable bonds is 7. The third-order valence-corrected chi connectivity index (χ3v) is 2.77. The molecule has 0 bridgehead atoms. The number of benzene rings is 1. The quantitative estimate of drug-likeness (QED) is 0.829. The van der Waals surface area contributed by atoms with E-state index in [1.54, 1.807) is 20.3 Å². The van der Waals surface area contributed by atoms with Gasteiger partial charge in [-0.15, -0.1) is 0 Å². The summed E-state index contributed by atoms with van der Waals surface area (Å²) in [5.41, 5.74) is 0.963. The highest BCUT2D eigenvalue weighted by atomic mass is 35.5. The average molecular weight is 274 g/mol. The van der Waals surface area contributed by atoms with Crippen LogP contribution in [-0.2, 0) is 11.3 Å². The van der Waals surface area contributed by atoms with E-state index < -0.39 is 0 Å². The molecule has 0 aliphatic rings. The topological polar surface area (TPSA) is 39.7 Å². The first-order valence-electron chi connectivity index (χ1n) is 5.79. The van der Waals surface area contributed by atoms with Crippen LogP contribution >= 0.6 is 11.6 Å². The van der Waals surface area contributed by atoms with Gasteiger partial charge in [0.15, 0.2) is 11.5 Å². The van der Waals surface area contributed by atoms with Crippen molar-refractivity contribution in [1.29, 1.82) is 0 Å². The van der Waals surface area contributed by atoms with Crippen LogP contribution in [0.25, 0.3) is 0 Å². The number of hydrogen-bond acceptors (Lipinski definition) is 4. The van der Waals surface area contributed by atoms with Crippen LogP contribution in [0.5, 0.6) is 11.5 Å². The van der Waals surface area contributed by atoms with Crippen LogP contribution in [0.2, 0.25) is 5.02 Å². The Labute approximate surface area is 113 Å². The number of halogens is 1. The van der Waals surface area contributed by atoms with Crippen LogP contribution in [-0.4, -0.2) is 34.0 Å². The SMILES string of the molecule is CNCc1cc(Cl)cc(OC)c1OCC(C)OC. The van der Waals surface area contributed by atoms with Gasteiger partial charge in [0.1, 0.15) is 6.61 Å². The highest BCUT2D eigenvalue weighted by Gasteiger charge is 2.13. The van der Waals surface area contributed by atoms with E-state index in [4.69, 9.17) is 25.8 Å². The van der Waals surface area contributed by atoms with Crippen molar-refractivity contribution in [2.75, 3.05) is 27.9 Å². The summed E-state index contributed by atoms with van der Waals surface area (Å²) in [6.45, 7) is 3.07. The molecule has 1 aromatic carbocycles. The Balaban J connectivity index is 2.97. The second-order valence-corrected chi connectivity index (χ2v) is 4.42. The Bertz CT molecular complexity index is 385. The van der Waals surface area contributed by atoms with Crippen LogP contribution in [0.3, 0.4) is 0 Å². The molecule has 0 radical (unpaired) electrons. The van der Waals surface area contributed by atoms with E-state index in [0.29, 0.717) is 29.7 Å². The highest BCUT2D eigenvalue weighted by Crippen LogP contribution is 2.34. The number of hydrogen-bond donors (Lipinski definition) is 1. The van der Waals surface area contributed by atoms with Crippen molar-refractivity contribution >= 4 is 11.6 Å². The van der Waals surface area contributed by atoms with Crippen LogP contribution in [0.15, 0.2) is 12.1 Å². The van der Waals surface area contributed by atoms with Crippen molar-refractivity contribution in [3.05, 3.63) is 22.7 Å². The summed E-state index contributed by atoms with van der Waals surface area (Å²) >= 11 is 6.04. The summed E-state index contributed by atoms with van der Waals surface area (Å²) < 4.78 is 16.2. The average Bonchev–Trinajstić information content (AvgIpc) is 2.36. The molecule has 0 aromatic heterocycles. The molecule has 0 saturated carbocycles. The minimum absolute atomic E-state index is 0.0211. The Morgan fingerprint density at radius 2 is 2.06 bits per heavy atom. The van der Waals surface area contributed by atoms with Crippen molar-refractivity contribution in [3.63, 3.8) is 0 Å². The minimum Gasteiger partial charge on any atom is -0.493 e. The maximum Gasteiger partial charge on any atom is 0.165 e. The van der Waals surface area contributed by atoms with E-state index >= 15 is 0 Å². The highest BCUT2D eigenvalue weighted by molar-refractivity contribution is 6.30. The van der Waals surface area contributed by atoms with Gasteiger partial charge in [-0.2, -0.15) is 0 Å². The third-order valence-electron chi connectivity index (χ3n) is 2.55. The molecule has 18 heavy (non-hydrogen) atoms. The predicted octanol–water partition coefficient (Wildman–Crippen LogP) is 2.48.